The molecule has 7 heteroatoms. The monoisotopic (exact) mass is 326 g/mol. The summed E-state index contributed by atoms with van der Waals surface area (Å²) in [6, 6.07) is 3.82. The van der Waals surface area contributed by atoms with Crippen LogP contribution in [-0.2, 0) is 15.8 Å². The lowest BCUT2D eigenvalue weighted by molar-refractivity contribution is -0.137. The van der Waals surface area contributed by atoms with Crippen LogP contribution in [0.3, 0.4) is 0 Å². The van der Waals surface area contributed by atoms with E-state index in [2.05, 4.69) is 0 Å². The molecule has 0 unspecified atom stereocenters. The van der Waals surface area contributed by atoms with Gasteiger partial charge in [0.05, 0.1) is 23.7 Å². The van der Waals surface area contributed by atoms with Gasteiger partial charge in [0.15, 0.2) is 0 Å². The number of alkyl halides is 3. The Balaban J connectivity index is 1.85. The second-order valence-corrected chi connectivity index (χ2v) is 5.93. The molecule has 0 saturated carbocycles. The standard InChI is InChI=1S/C16H17F3N2O2/c17-16(18,19)11-5-4-6-12(9-11)21-14(22)10-13(15(21)23)20-7-2-1-3-8-20/h4-6,9,13H,1-3,7-8,10H2/t13-/m0/s1. The molecule has 1 aromatic carbocycles. The summed E-state index contributed by atoms with van der Waals surface area (Å²) in [6.07, 6.45) is -1.42. The van der Waals surface area contributed by atoms with Crippen LogP contribution in [0.4, 0.5) is 18.9 Å². The third kappa shape index (κ3) is 3.10. The van der Waals surface area contributed by atoms with Crippen LogP contribution in [0, 0.1) is 0 Å². The van der Waals surface area contributed by atoms with Crippen LogP contribution in [0.2, 0.25) is 0 Å². The van der Waals surface area contributed by atoms with Crippen LogP contribution >= 0.6 is 0 Å². The molecule has 0 aliphatic carbocycles. The highest BCUT2D eigenvalue weighted by atomic mass is 19.4. The molecule has 0 radical (unpaired) electrons. The van der Waals surface area contributed by atoms with E-state index in [1.807, 2.05) is 4.90 Å². The number of piperidine rings is 1. The molecule has 2 fully saturated rings. The van der Waals surface area contributed by atoms with Gasteiger partial charge in [-0.25, -0.2) is 4.90 Å². The van der Waals surface area contributed by atoms with Crippen molar-refractivity contribution >= 4 is 17.5 Å². The summed E-state index contributed by atoms with van der Waals surface area (Å²) in [5.74, 6) is -0.860. The number of amides is 2. The third-order valence-electron chi connectivity index (χ3n) is 4.39. The Labute approximate surface area is 131 Å². The second kappa shape index (κ2) is 5.96. The van der Waals surface area contributed by atoms with E-state index in [9.17, 15) is 22.8 Å². The second-order valence-electron chi connectivity index (χ2n) is 5.93. The van der Waals surface area contributed by atoms with Crippen molar-refractivity contribution in [1.29, 1.82) is 0 Å². The highest BCUT2D eigenvalue weighted by Gasteiger charge is 2.43. The van der Waals surface area contributed by atoms with Crippen LogP contribution in [0.25, 0.3) is 0 Å². The Morgan fingerprint density at radius 2 is 1.74 bits per heavy atom. The van der Waals surface area contributed by atoms with Gasteiger partial charge >= 0.3 is 6.18 Å². The maximum atomic E-state index is 12.8. The average Bonchev–Trinajstić information content (AvgIpc) is 2.82. The number of rotatable bonds is 2. The fraction of sp³-hybridized carbons (Fsp3) is 0.500. The molecule has 2 saturated heterocycles. The third-order valence-corrected chi connectivity index (χ3v) is 4.39. The highest BCUT2D eigenvalue weighted by molar-refractivity contribution is 6.22. The number of likely N-dealkylation sites (tertiary alicyclic amines) is 1. The minimum atomic E-state index is -4.51. The first-order chi connectivity index (χ1) is 10.9. The number of hydrogen-bond donors (Lipinski definition) is 0. The lowest BCUT2D eigenvalue weighted by Crippen LogP contribution is -2.44. The molecule has 2 aliphatic rings. The molecule has 2 amide bonds. The van der Waals surface area contributed by atoms with E-state index < -0.39 is 29.6 Å². The van der Waals surface area contributed by atoms with E-state index in [0.717, 1.165) is 49.4 Å². The number of hydrogen-bond acceptors (Lipinski definition) is 3. The smallest absolute Gasteiger partial charge is 0.292 e. The zero-order valence-electron chi connectivity index (χ0n) is 12.5. The first-order valence-electron chi connectivity index (χ1n) is 7.66. The SMILES string of the molecule is O=C1C[C@H](N2CCCCC2)C(=O)N1c1cccc(C(F)(F)F)c1. The summed E-state index contributed by atoms with van der Waals surface area (Å²) in [7, 11) is 0. The number of nitrogens with zero attached hydrogens (tertiary/aromatic N) is 2. The number of halogens is 3. The molecule has 0 spiro atoms. The molecule has 1 atom stereocenters. The number of carbonyl (C=O) groups is 2. The molecule has 2 aliphatic heterocycles. The zero-order valence-corrected chi connectivity index (χ0v) is 12.5. The van der Waals surface area contributed by atoms with Crippen molar-refractivity contribution in [3.63, 3.8) is 0 Å². The van der Waals surface area contributed by atoms with Gasteiger partial charge in [-0.3, -0.25) is 14.5 Å². The van der Waals surface area contributed by atoms with Crippen molar-refractivity contribution in [2.24, 2.45) is 0 Å². The zero-order chi connectivity index (χ0) is 16.6. The van der Waals surface area contributed by atoms with Gasteiger partial charge in [0.1, 0.15) is 0 Å². The van der Waals surface area contributed by atoms with Crippen LogP contribution in [-0.4, -0.2) is 35.8 Å². The Morgan fingerprint density at radius 3 is 2.39 bits per heavy atom. The quantitative estimate of drug-likeness (QED) is 0.785. The van der Waals surface area contributed by atoms with Gasteiger partial charge in [0, 0.05) is 0 Å². The van der Waals surface area contributed by atoms with Crippen molar-refractivity contribution < 1.29 is 22.8 Å². The van der Waals surface area contributed by atoms with Gasteiger partial charge in [-0.05, 0) is 44.1 Å². The number of imide groups is 1. The van der Waals surface area contributed by atoms with Crippen molar-refractivity contribution in [2.45, 2.75) is 37.9 Å². The maximum absolute atomic E-state index is 12.8. The Hall–Kier alpha value is -1.89. The molecule has 4 nitrogen and oxygen atoms in total. The molecule has 0 aromatic heterocycles. The van der Waals surface area contributed by atoms with E-state index in [1.54, 1.807) is 0 Å². The van der Waals surface area contributed by atoms with E-state index >= 15 is 0 Å². The first kappa shape index (κ1) is 16.0. The summed E-state index contributed by atoms with van der Waals surface area (Å²) >= 11 is 0. The van der Waals surface area contributed by atoms with Gasteiger partial charge < -0.3 is 0 Å². The van der Waals surface area contributed by atoms with Crippen LogP contribution in [0.1, 0.15) is 31.2 Å². The van der Waals surface area contributed by atoms with Crippen molar-refractivity contribution in [1.82, 2.24) is 4.90 Å². The average molecular weight is 326 g/mol. The Morgan fingerprint density at radius 1 is 1.04 bits per heavy atom. The molecule has 2 heterocycles. The van der Waals surface area contributed by atoms with Gasteiger partial charge in [-0.15, -0.1) is 0 Å². The van der Waals surface area contributed by atoms with Gasteiger partial charge in [0.2, 0.25) is 5.91 Å². The first-order valence-corrected chi connectivity index (χ1v) is 7.66. The van der Waals surface area contributed by atoms with Crippen molar-refractivity contribution in [3.8, 4) is 0 Å². The minimum absolute atomic E-state index is 0.00525. The van der Waals surface area contributed by atoms with E-state index in [4.69, 9.17) is 0 Å². The van der Waals surface area contributed by atoms with Crippen LogP contribution < -0.4 is 4.90 Å². The van der Waals surface area contributed by atoms with Gasteiger partial charge in [-0.1, -0.05) is 12.5 Å². The summed E-state index contributed by atoms with van der Waals surface area (Å²) in [4.78, 5) is 27.6. The van der Waals surface area contributed by atoms with E-state index in [0.29, 0.717) is 0 Å². The molecule has 0 bridgehead atoms. The maximum Gasteiger partial charge on any atom is 0.416 e. The lowest BCUT2D eigenvalue weighted by Gasteiger charge is -2.30. The fourth-order valence-electron chi connectivity index (χ4n) is 3.22. The number of benzene rings is 1. The van der Waals surface area contributed by atoms with Gasteiger partial charge in [-0.2, -0.15) is 13.2 Å². The molecule has 124 valence electrons. The topological polar surface area (TPSA) is 40.6 Å². The lowest BCUT2D eigenvalue weighted by atomic mass is 10.1. The number of anilines is 1. The predicted molar refractivity (Wildman–Crippen MR) is 77.8 cm³/mol. The summed E-state index contributed by atoms with van der Waals surface area (Å²) < 4.78 is 38.5. The van der Waals surface area contributed by atoms with Crippen molar-refractivity contribution in [3.05, 3.63) is 29.8 Å². The summed E-state index contributed by atoms with van der Waals surface area (Å²) in [5, 5.41) is 0. The minimum Gasteiger partial charge on any atom is -0.292 e. The molecule has 3 rings (SSSR count). The normalized spacial score (nSPS) is 23.6. The largest absolute Gasteiger partial charge is 0.416 e. The highest BCUT2D eigenvalue weighted by Crippen LogP contribution is 2.33. The summed E-state index contributed by atoms with van der Waals surface area (Å²) in [6.45, 7) is 1.50. The molecular formula is C16H17F3N2O2. The Bertz CT molecular complexity index is 624. The van der Waals surface area contributed by atoms with E-state index in [1.165, 1.54) is 12.1 Å². The summed E-state index contributed by atoms with van der Waals surface area (Å²) in [5.41, 5.74) is -0.869. The molecule has 1 aromatic rings. The molecule has 23 heavy (non-hydrogen) atoms. The fourth-order valence-corrected chi connectivity index (χ4v) is 3.22. The van der Waals surface area contributed by atoms with Crippen molar-refractivity contribution in [2.75, 3.05) is 18.0 Å². The Kier molecular flexibility index (Phi) is 4.14. The van der Waals surface area contributed by atoms with Crippen LogP contribution in [0.5, 0.6) is 0 Å². The van der Waals surface area contributed by atoms with Gasteiger partial charge in [0.25, 0.3) is 5.91 Å². The molecular weight excluding hydrogens is 309 g/mol. The number of carbonyl (C=O) groups excluding carboxylic acids is 2. The van der Waals surface area contributed by atoms with E-state index in [-0.39, 0.29) is 12.1 Å². The molecule has 0 N–H and O–H groups in total. The predicted octanol–water partition coefficient (Wildman–Crippen LogP) is 2.82. The van der Waals surface area contributed by atoms with Crippen LogP contribution in [0.15, 0.2) is 24.3 Å².